The maximum Gasteiger partial charge on any atom is 0.315 e. The van der Waals surface area contributed by atoms with Crippen LogP contribution in [0.5, 0.6) is 5.75 Å². The number of carbonyl (C=O) groups excluding carboxylic acids is 1. The van der Waals surface area contributed by atoms with Gasteiger partial charge in [-0.05, 0) is 55.8 Å². The molecule has 1 fully saturated rings. The number of hydrogen-bond acceptors (Lipinski definition) is 4. The molecule has 3 rings (SSSR count). The number of methoxy groups -OCH3 is 1. The molecule has 6 nitrogen and oxygen atoms in total. The molecule has 0 bridgehead atoms. The van der Waals surface area contributed by atoms with E-state index < -0.39 is 0 Å². The average Bonchev–Trinajstić information content (AvgIpc) is 3.35. The SMILES string of the molecule is COc1cccc(CNC(=O)NCC(c2ccco2)N2CCCC2)c1. The van der Waals surface area contributed by atoms with Crippen LogP contribution in [-0.4, -0.2) is 37.7 Å². The number of hydrogen-bond donors (Lipinski definition) is 2. The van der Waals surface area contributed by atoms with Crippen molar-refractivity contribution in [3.8, 4) is 5.75 Å². The second kappa shape index (κ2) is 8.58. The van der Waals surface area contributed by atoms with Gasteiger partial charge in [0.05, 0.1) is 19.4 Å². The van der Waals surface area contributed by atoms with E-state index >= 15 is 0 Å². The van der Waals surface area contributed by atoms with Gasteiger partial charge in [-0.2, -0.15) is 0 Å². The van der Waals surface area contributed by atoms with Gasteiger partial charge < -0.3 is 19.8 Å². The summed E-state index contributed by atoms with van der Waals surface area (Å²) < 4.78 is 10.8. The Morgan fingerprint density at radius 2 is 2.08 bits per heavy atom. The second-order valence-electron chi connectivity index (χ2n) is 6.19. The largest absolute Gasteiger partial charge is 0.497 e. The Kier molecular flexibility index (Phi) is 5.95. The van der Waals surface area contributed by atoms with Gasteiger partial charge in [0.25, 0.3) is 0 Å². The summed E-state index contributed by atoms with van der Waals surface area (Å²) >= 11 is 0. The van der Waals surface area contributed by atoms with Gasteiger partial charge in [-0.15, -0.1) is 0 Å². The molecule has 2 N–H and O–H groups in total. The highest BCUT2D eigenvalue weighted by Crippen LogP contribution is 2.24. The van der Waals surface area contributed by atoms with Crippen LogP contribution < -0.4 is 15.4 Å². The van der Waals surface area contributed by atoms with Crippen molar-refractivity contribution < 1.29 is 13.9 Å². The van der Waals surface area contributed by atoms with E-state index in [0.717, 1.165) is 30.2 Å². The number of furan rings is 1. The minimum atomic E-state index is -0.182. The minimum Gasteiger partial charge on any atom is -0.497 e. The van der Waals surface area contributed by atoms with E-state index in [4.69, 9.17) is 9.15 Å². The quantitative estimate of drug-likeness (QED) is 0.811. The van der Waals surface area contributed by atoms with Gasteiger partial charge in [0.15, 0.2) is 0 Å². The lowest BCUT2D eigenvalue weighted by molar-refractivity contribution is 0.203. The predicted molar refractivity (Wildman–Crippen MR) is 95.5 cm³/mol. The molecule has 1 aromatic carbocycles. The predicted octanol–water partition coefficient (Wildman–Crippen LogP) is 2.92. The molecule has 1 aliphatic heterocycles. The molecule has 1 aliphatic rings. The first-order valence-electron chi connectivity index (χ1n) is 8.68. The second-order valence-corrected chi connectivity index (χ2v) is 6.19. The molecule has 1 unspecified atom stereocenters. The summed E-state index contributed by atoms with van der Waals surface area (Å²) in [5, 5.41) is 5.85. The van der Waals surface area contributed by atoms with Crippen molar-refractivity contribution in [1.82, 2.24) is 15.5 Å². The van der Waals surface area contributed by atoms with Crippen LogP contribution in [0.4, 0.5) is 4.79 Å². The van der Waals surface area contributed by atoms with Crippen LogP contribution in [0.2, 0.25) is 0 Å². The smallest absolute Gasteiger partial charge is 0.315 e. The molecular formula is C19H25N3O3. The van der Waals surface area contributed by atoms with Crippen LogP contribution in [0.25, 0.3) is 0 Å². The zero-order chi connectivity index (χ0) is 17.5. The van der Waals surface area contributed by atoms with E-state index in [2.05, 4.69) is 15.5 Å². The molecule has 0 radical (unpaired) electrons. The Morgan fingerprint density at radius 1 is 1.24 bits per heavy atom. The Bertz CT molecular complexity index is 666. The molecule has 6 heteroatoms. The van der Waals surface area contributed by atoms with Crippen LogP contribution in [0.1, 0.15) is 30.2 Å². The highest BCUT2D eigenvalue weighted by molar-refractivity contribution is 5.73. The fourth-order valence-corrected chi connectivity index (χ4v) is 3.16. The Labute approximate surface area is 148 Å². The van der Waals surface area contributed by atoms with Crippen LogP contribution in [0, 0.1) is 0 Å². The summed E-state index contributed by atoms with van der Waals surface area (Å²) in [4.78, 5) is 14.5. The average molecular weight is 343 g/mol. The maximum absolute atomic E-state index is 12.2. The molecule has 2 amide bonds. The number of nitrogens with zero attached hydrogens (tertiary/aromatic N) is 1. The van der Waals surface area contributed by atoms with Crippen LogP contribution >= 0.6 is 0 Å². The normalized spacial score (nSPS) is 15.7. The van der Waals surface area contributed by atoms with Crippen molar-refractivity contribution in [1.29, 1.82) is 0 Å². The van der Waals surface area contributed by atoms with Crippen LogP contribution in [-0.2, 0) is 6.54 Å². The van der Waals surface area contributed by atoms with Crippen molar-refractivity contribution in [2.45, 2.75) is 25.4 Å². The molecule has 2 heterocycles. The third kappa shape index (κ3) is 4.76. The number of urea groups is 1. The molecule has 0 saturated carbocycles. The van der Waals surface area contributed by atoms with Crippen molar-refractivity contribution in [3.05, 3.63) is 54.0 Å². The monoisotopic (exact) mass is 343 g/mol. The van der Waals surface area contributed by atoms with Gasteiger partial charge in [-0.1, -0.05) is 12.1 Å². The zero-order valence-corrected chi connectivity index (χ0v) is 14.5. The minimum absolute atomic E-state index is 0.0834. The number of ether oxygens (including phenoxy) is 1. The maximum atomic E-state index is 12.2. The molecule has 0 spiro atoms. The van der Waals surface area contributed by atoms with E-state index in [0.29, 0.717) is 13.1 Å². The number of rotatable bonds is 7. The van der Waals surface area contributed by atoms with Crippen molar-refractivity contribution in [2.24, 2.45) is 0 Å². The first kappa shape index (κ1) is 17.4. The number of likely N-dealkylation sites (tertiary alicyclic amines) is 1. The topological polar surface area (TPSA) is 66.7 Å². The Morgan fingerprint density at radius 3 is 2.80 bits per heavy atom. The third-order valence-electron chi connectivity index (χ3n) is 4.50. The number of benzene rings is 1. The van der Waals surface area contributed by atoms with E-state index in [1.165, 1.54) is 12.8 Å². The summed E-state index contributed by atoms with van der Waals surface area (Å²) in [6, 6.07) is 11.4. The Hall–Kier alpha value is -2.47. The molecular weight excluding hydrogens is 318 g/mol. The van der Waals surface area contributed by atoms with Crippen molar-refractivity contribution in [3.63, 3.8) is 0 Å². The van der Waals surface area contributed by atoms with E-state index in [1.807, 2.05) is 36.4 Å². The first-order valence-corrected chi connectivity index (χ1v) is 8.68. The Balaban J connectivity index is 1.51. The molecule has 134 valence electrons. The number of amides is 2. The lowest BCUT2D eigenvalue weighted by Gasteiger charge is -2.26. The molecule has 25 heavy (non-hydrogen) atoms. The van der Waals surface area contributed by atoms with Gasteiger partial charge >= 0.3 is 6.03 Å². The summed E-state index contributed by atoms with van der Waals surface area (Å²) in [5.41, 5.74) is 0.997. The fourth-order valence-electron chi connectivity index (χ4n) is 3.16. The third-order valence-corrected chi connectivity index (χ3v) is 4.50. The van der Waals surface area contributed by atoms with Crippen LogP contribution in [0.15, 0.2) is 47.1 Å². The molecule has 0 aliphatic carbocycles. The standard InChI is InChI=1S/C19H25N3O3/c1-24-16-7-4-6-15(12-16)13-20-19(23)21-14-17(18-8-5-11-25-18)22-9-2-3-10-22/h4-8,11-12,17H,2-3,9-10,13-14H2,1H3,(H2,20,21,23). The number of nitrogens with one attached hydrogen (secondary N) is 2. The summed E-state index contributed by atoms with van der Waals surface area (Å²) in [5.74, 6) is 1.68. The molecule has 1 aromatic heterocycles. The van der Waals surface area contributed by atoms with Gasteiger partial charge in [0.1, 0.15) is 11.5 Å². The summed E-state index contributed by atoms with van der Waals surface area (Å²) in [7, 11) is 1.63. The first-order chi connectivity index (χ1) is 12.3. The van der Waals surface area contributed by atoms with Gasteiger partial charge in [0, 0.05) is 13.1 Å². The van der Waals surface area contributed by atoms with Gasteiger partial charge in [-0.3, -0.25) is 4.90 Å². The van der Waals surface area contributed by atoms with Crippen molar-refractivity contribution >= 4 is 6.03 Å². The lowest BCUT2D eigenvalue weighted by Crippen LogP contribution is -2.41. The molecule has 1 saturated heterocycles. The zero-order valence-electron chi connectivity index (χ0n) is 14.5. The molecule has 1 atom stereocenters. The van der Waals surface area contributed by atoms with Gasteiger partial charge in [-0.25, -0.2) is 4.79 Å². The summed E-state index contributed by atoms with van der Waals surface area (Å²) in [6.07, 6.45) is 4.07. The number of carbonyl (C=O) groups is 1. The van der Waals surface area contributed by atoms with Crippen molar-refractivity contribution in [2.75, 3.05) is 26.7 Å². The highest BCUT2D eigenvalue weighted by atomic mass is 16.5. The lowest BCUT2D eigenvalue weighted by atomic mass is 10.2. The van der Waals surface area contributed by atoms with E-state index in [-0.39, 0.29) is 12.1 Å². The fraction of sp³-hybridized carbons (Fsp3) is 0.421. The van der Waals surface area contributed by atoms with E-state index in [9.17, 15) is 4.79 Å². The van der Waals surface area contributed by atoms with E-state index in [1.54, 1.807) is 13.4 Å². The van der Waals surface area contributed by atoms with Crippen LogP contribution in [0.3, 0.4) is 0 Å². The highest BCUT2D eigenvalue weighted by Gasteiger charge is 2.25. The van der Waals surface area contributed by atoms with Gasteiger partial charge in [0.2, 0.25) is 0 Å². The molecule has 2 aromatic rings. The summed E-state index contributed by atoms with van der Waals surface area (Å²) in [6.45, 7) is 3.06.